The van der Waals surface area contributed by atoms with Crippen LogP contribution in [0.1, 0.15) is 20.8 Å². The summed E-state index contributed by atoms with van der Waals surface area (Å²) in [4.78, 5) is 39.4. The third-order valence-electron chi connectivity index (χ3n) is 4.66. The lowest BCUT2D eigenvalue weighted by Crippen LogP contribution is -2.27. The van der Waals surface area contributed by atoms with E-state index in [0.717, 1.165) is 16.7 Å². The fourth-order valence-corrected chi connectivity index (χ4v) is 4.99. The smallest absolute Gasteiger partial charge is 0.353 e. The molecule has 0 unspecified atom stereocenters. The third kappa shape index (κ3) is 5.09. The minimum Gasteiger partial charge on any atom is -0.493 e. The van der Waals surface area contributed by atoms with Crippen LogP contribution < -0.4 is 9.47 Å². The minimum absolute atomic E-state index is 0.0263. The van der Waals surface area contributed by atoms with Gasteiger partial charge in [-0.1, -0.05) is 41.4 Å². The van der Waals surface area contributed by atoms with Gasteiger partial charge in [0.05, 0.1) is 18.6 Å². The molecule has 0 atom stereocenters. The number of amides is 2. The number of thiophene rings is 1. The molecule has 6 nitrogen and oxygen atoms in total. The highest BCUT2D eigenvalue weighted by Gasteiger charge is 2.35. The molecule has 1 aliphatic rings. The predicted molar refractivity (Wildman–Crippen MR) is 130 cm³/mol. The maximum absolute atomic E-state index is 12.9. The van der Waals surface area contributed by atoms with Crippen molar-refractivity contribution in [3.05, 3.63) is 84.9 Å². The molecule has 1 saturated heterocycles. The maximum atomic E-state index is 12.9. The second kappa shape index (κ2) is 10.0. The number of esters is 1. The van der Waals surface area contributed by atoms with Gasteiger partial charge >= 0.3 is 5.97 Å². The summed E-state index contributed by atoms with van der Waals surface area (Å²) in [5.41, 5.74) is 1.10. The Bertz CT molecular complexity index is 1250. The molecule has 0 N–H and O–H groups in total. The Morgan fingerprint density at radius 1 is 1.06 bits per heavy atom. The lowest BCUT2D eigenvalue weighted by atomic mass is 10.1. The van der Waals surface area contributed by atoms with Crippen LogP contribution in [0, 0.1) is 0 Å². The first-order valence-electron chi connectivity index (χ1n) is 9.49. The lowest BCUT2D eigenvalue weighted by molar-refractivity contribution is -0.123. The summed E-state index contributed by atoms with van der Waals surface area (Å²) in [7, 11) is 1.45. The monoisotopic (exact) mass is 519 g/mol. The molecule has 1 aromatic heterocycles. The molecular formula is C23H15Cl2NO5S2. The van der Waals surface area contributed by atoms with E-state index in [0.29, 0.717) is 31.8 Å². The molecule has 0 aliphatic carbocycles. The average Bonchev–Trinajstić information content (AvgIpc) is 3.42. The van der Waals surface area contributed by atoms with E-state index in [1.54, 1.807) is 60.0 Å². The number of thioether (sulfide) groups is 1. The molecule has 2 aromatic carbocycles. The molecule has 33 heavy (non-hydrogen) atoms. The van der Waals surface area contributed by atoms with Gasteiger partial charge in [0.1, 0.15) is 4.88 Å². The van der Waals surface area contributed by atoms with Crippen molar-refractivity contribution in [2.45, 2.75) is 6.54 Å². The van der Waals surface area contributed by atoms with Crippen LogP contribution in [0.5, 0.6) is 11.5 Å². The zero-order chi connectivity index (χ0) is 23.5. The Morgan fingerprint density at radius 3 is 2.48 bits per heavy atom. The molecule has 1 aliphatic heterocycles. The van der Waals surface area contributed by atoms with Gasteiger partial charge in [0, 0.05) is 15.6 Å². The van der Waals surface area contributed by atoms with E-state index in [1.807, 2.05) is 0 Å². The first-order chi connectivity index (χ1) is 15.9. The zero-order valence-electron chi connectivity index (χ0n) is 17.0. The molecule has 2 heterocycles. The Balaban J connectivity index is 1.54. The number of carbonyl (C=O) groups is 3. The third-order valence-corrected chi connectivity index (χ3v) is 7.13. The van der Waals surface area contributed by atoms with Gasteiger partial charge in [0.15, 0.2) is 11.5 Å². The number of ether oxygens (including phenoxy) is 2. The fraction of sp³-hybridized carbons (Fsp3) is 0.0870. The van der Waals surface area contributed by atoms with Crippen molar-refractivity contribution >= 4 is 69.5 Å². The number of methoxy groups -OCH3 is 1. The van der Waals surface area contributed by atoms with Crippen LogP contribution in [0.2, 0.25) is 10.0 Å². The van der Waals surface area contributed by atoms with Crippen LogP contribution in [0.25, 0.3) is 6.08 Å². The Morgan fingerprint density at radius 2 is 1.82 bits per heavy atom. The predicted octanol–water partition coefficient (Wildman–Crippen LogP) is 6.52. The SMILES string of the molecule is COc1cc(/C=C2\SC(=O)N(Cc3c(Cl)cccc3Cl)C2=O)ccc1OC(=O)c1cccs1. The van der Waals surface area contributed by atoms with E-state index >= 15 is 0 Å². The minimum atomic E-state index is -0.490. The van der Waals surface area contributed by atoms with Crippen LogP contribution in [-0.4, -0.2) is 29.1 Å². The second-order valence-corrected chi connectivity index (χ2v) is 9.50. The van der Waals surface area contributed by atoms with Crippen LogP contribution in [-0.2, 0) is 11.3 Å². The number of rotatable bonds is 6. The van der Waals surface area contributed by atoms with Crippen LogP contribution in [0.3, 0.4) is 0 Å². The van der Waals surface area contributed by atoms with Gasteiger partial charge < -0.3 is 9.47 Å². The number of hydrogen-bond acceptors (Lipinski definition) is 7. The standard InChI is InChI=1S/C23H15Cl2NO5S2/c1-30-18-10-13(7-8-17(18)31-22(28)19-6-3-9-32-19)11-20-21(27)26(23(29)33-20)12-14-15(24)4-2-5-16(14)25/h2-11H,12H2,1H3/b20-11-. The fourth-order valence-electron chi connectivity index (χ4n) is 3.03. The summed E-state index contributed by atoms with van der Waals surface area (Å²) in [6.45, 7) is -0.0263. The normalized spacial score (nSPS) is 14.8. The largest absolute Gasteiger partial charge is 0.493 e. The highest BCUT2D eigenvalue weighted by Crippen LogP contribution is 2.37. The van der Waals surface area contributed by atoms with Gasteiger partial charge in [0.25, 0.3) is 11.1 Å². The quantitative estimate of drug-likeness (QED) is 0.209. The van der Waals surface area contributed by atoms with Crippen molar-refractivity contribution in [3.63, 3.8) is 0 Å². The van der Waals surface area contributed by atoms with E-state index in [4.69, 9.17) is 32.7 Å². The summed E-state index contributed by atoms with van der Waals surface area (Å²) < 4.78 is 10.8. The summed E-state index contributed by atoms with van der Waals surface area (Å²) in [5, 5.41) is 2.12. The highest BCUT2D eigenvalue weighted by atomic mass is 35.5. The van der Waals surface area contributed by atoms with E-state index in [-0.39, 0.29) is 17.2 Å². The summed E-state index contributed by atoms with van der Waals surface area (Å²) in [6, 6.07) is 13.3. The van der Waals surface area contributed by atoms with Gasteiger partial charge in [-0.2, -0.15) is 0 Å². The number of imide groups is 1. The van der Waals surface area contributed by atoms with Crippen molar-refractivity contribution in [2.75, 3.05) is 7.11 Å². The average molecular weight is 520 g/mol. The molecule has 10 heteroatoms. The van der Waals surface area contributed by atoms with Crippen LogP contribution in [0.15, 0.2) is 58.8 Å². The van der Waals surface area contributed by atoms with Crippen LogP contribution in [0.4, 0.5) is 4.79 Å². The van der Waals surface area contributed by atoms with Gasteiger partial charge in [-0.15, -0.1) is 11.3 Å². The summed E-state index contributed by atoms with van der Waals surface area (Å²) in [5.74, 6) is -0.381. The number of halogens is 2. The van der Waals surface area contributed by atoms with E-state index in [1.165, 1.54) is 18.4 Å². The summed E-state index contributed by atoms with van der Waals surface area (Å²) in [6.07, 6.45) is 1.58. The molecule has 168 valence electrons. The first kappa shape index (κ1) is 23.4. The first-order valence-corrected chi connectivity index (χ1v) is 11.9. The van der Waals surface area contributed by atoms with Crippen LogP contribution >= 0.6 is 46.3 Å². The van der Waals surface area contributed by atoms with E-state index < -0.39 is 17.1 Å². The van der Waals surface area contributed by atoms with Crippen molar-refractivity contribution in [1.29, 1.82) is 0 Å². The number of nitrogens with zero attached hydrogens (tertiary/aromatic N) is 1. The zero-order valence-corrected chi connectivity index (χ0v) is 20.2. The number of benzene rings is 2. The van der Waals surface area contributed by atoms with Gasteiger partial charge in [-0.3, -0.25) is 14.5 Å². The number of carbonyl (C=O) groups excluding carboxylic acids is 3. The molecule has 0 saturated carbocycles. The van der Waals surface area contributed by atoms with Crippen molar-refractivity contribution in [1.82, 2.24) is 4.90 Å². The number of hydrogen-bond donors (Lipinski definition) is 0. The van der Waals surface area contributed by atoms with Crippen molar-refractivity contribution in [2.24, 2.45) is 0 Å². The molecule has 4 rings (SSSR count). The van der Waals surface area contributed by atoms with Gasteiger partial charge in [-0.05, 0) is 59.1 Å². The van der Waals surface area contributed by atoms with Crippen molar-refractivity contribution < 1.29 is 23.9 Å². The molecule has 3 aromatic rings. The van der Waals surface area contributed by atoms with Gasteiger partial charge in [-0.25, -0.2) is 4.79 Å². The molecule has 0 bridgehead atoms. The highest BCUT2D eigenvalue weighted by molar-refractivity contribution is 8.18. The Labute approximate surface area is 207 Å². The Kier molecular flexibility index (Phi) is 7.09. The van der Waals surface area contributed by atoms with E-state index in [2.05, 4.69) is 0 Å². The molecule has 0 radical (unpaired) electrons. The molecule has 2 amide bonds. The van der Waals surface area contributed by atoms with E-state index in [9.17, 15) is 14.4 Å². The topological polar surface area (TPSA) is 72.9 Å². The Hall–Kier alpha value is -2.78. The summed E-state index contributed by atoms with van der Waals surface area (Å²) >= 11 is 14.5. The molecule has 1 fully saturated rings. The molecular weight excluding hydrogens is 505 g/mol. The lowest BCUT2D eigenvalue weighted by Gasteiger charge is -2.14. The second-order valence-electron chi connectivity index (χ2n) is 6.75. The maximum Gasteiger partial charge on any atom is 0.353 e. The van der Waals surface area contributed by atoms with Gasteiger partial charge in [0.2, 0.25) is 0 Å². The molecule has 0 spiro atoms. The van der Waals surface area contributed by atoms with Crippen molar-refractivity contribution in [3.8, 4) is 11.5 Å².